The van der Waals surface area contributed by atoms with Crippen LogP contribution < -0.4 is 0 Å². The third kappa shape index (κ3) is 3.80. The van der Waals surface area contributed by atoms with Gasteiger partial charge in [0.25, 0.3) is 11.8 Å². The van der Waals surface area contributed by atoms with E-state index in [9.17, 15) is 9.59 Å². The van der Waals surface area contributed by atoms with Crippen molar-refractivity contribution in [3.05, 3.63) is 59.7 Å². The summed E-state index contributed by atoms with van der Waals surface area (Å²) in [5.74, 6) is 0.104. The Morgan fingerprint density at radius 1 is 0.929 bits per heavy atom. The van der Waals surface area contributed by atoms with Gasteiger partial charge in [0, 0.05) is 38.3 Å². The highest BCUT2D eigenvalue weighted by Gasteiger charge is 2.31. The molecule has 2 aromatic rings. The minimum Gasteiger partial charge on any atom is -0.368 e. The molecule has 0 unspecified atom stereocenters. The molecule has 0 bridgehead atoms. The largest absolute Gasteiger partial charge is 0.368 e. The molecule has 146 valence electrons. The minimum absolute atomic E-state index is 0.0283. The molecule has 2 aliphatic rings. The van der Waals surface area contributed by atoms with Crippen molar-refractivity contribution in [3.63, 3.8) is 0 Å². The molecule has 2 saturated heterocycles. The first-order valence-corrected chi connectivity index (χ1v) is 9.99. The van der Waals surface area contributed by atoms with E-state index in [4.69, 9.17) is 4.74 Å². The molecule has 5 heteroatoms. The van der Waals surface area contributed by atoms with Crippen LogP contribution in [0.15, 0.2) is 48.5 Å². The molecule has 0 radical (unpaired) electrons. The number of hydrogen-bond donors (Lipinski definition) is 0. The first kappa shape index (κ1) is 18.7. The molecule has 2 heterocycles. The Morgan fingerprint density at radius 2 is 1.61 bits per heavy atom. The number of carbonyl (C=O) groups is 2. The molecule has 2 amide bonds. The SMILES string of the molecule is Cc1ccccc1-c1ccc(C(=O)N2CCN(C(=O)[C@@H]3CCCO3)CC2)cc1. The van der Waals surface area contributed by atoms with Crippen LogP contribution in [-0.2, 0) is 9.53 Å². The Kier molecular flexibility index (Phi) is 5.44. The van der Waals surface area contributed by atoms with Crippen LogP contribution in [0.25, 0.3) is 11.1 Å². The van der Waals surface area contributed by atoms with Crippen LogP contribution in [0.3, 0.4) is 0 Å². The molecule has 28 heavy (non-hydrogen) atoms. The lowest BCUT2D eigenvalue weighted by Crippen LogP contribution is -2.52. The molecule has 2 aliphatic heterocycles. The maximum absolute atomic E-state index is 12.8. The molecule has 0 N–H and O–H groups in total. The van der Waals surface area contributed by atoms with Gasteiger partial charge in [-0.2, -0.15) is 0 Å². The highest BCUT2D eigenvalue weighted by molar-refractivity contribution is 5.95. The maximum atomic E-state index is 12.8. The van der Waals surface area contributed by atoms with Crippen LogP contribution in [-0.4, -0.2) is 60.5 Å². The number of benzene rings is 2. The van der Waals surface area contributed by atoms with Crippen LogP contribution in [0, 0.1) is 6.92 Å². The molecule has 0 aliphatic carbocycles. The second-order valence-electron chi connectivity index (χ2n) is 7.51. The zero-order valence-electron chi connectivity index (χ0n) is 16.3. The van der Waals surface area contributed by atoms with Gasteiger partial charge >= 0.3 is 0 Å². The number of piperazine rings is 1. The zero-order chi connectivity index (χ0) is 19.5. The third-order valence-electron chi connectivity index (χ3n) is 5.67. The first-order valence-electron chi connectivity index (χ1n) is 9.99. The number of hydrogen-bond acceptors (Lipinski definition) is 3. The fraction of sp³-hybridized carbons (Fsp3) is 0.391. The quantitative estimate of drug-likeness (QED) is 0.825. The Bertz CT molecular complexity index is 848. The predicted octanol–water partition coefficient (Wildman–Crippen LogP) is 3.13. The van der Waals surface area contributed by atoms with Gasteiger partial charge in [0.2, 0.25) is 0 Å². The van der Waals surface area contributed by atoms with Crippen LogP contribution >= 0.6 is 0 Å². The summed E-state index contributed by atoms with van der Waals surface area (Å²) in [6.45, 7) is 5.05. The number of carbonyl (C=O) groups excluding carboxylic acids is 2. The van der Waals surface area contributed by atoms with Crippen molar-refractivity contribution in [3.8, 4) is 11.1 Å². The van der Waals surface area contributed by atoms with E-state index in [0.29, 0.717) is 38.3 Å². The summed E-state index contributed by atoms with van der Waals surface area (Å²) in [5.41, 5.74) is 4.20. The van der Waals surface area contributed by atoms with Crippen molar-refractivity contribution in [1.82, 2.24) is 9.80 Å². The van der Waals surface area contributed by atoms with Gasteiger partial charge in [-0.15, -0.1) is 0 Å². The number of nitrogens with zero attached hydrogens (tertiary/aromatic N) is 2. The Hall–Kier alpha value is -2.66. The van der Waals surface area contributed by atoms with E-state index >= 15 is 0 Å². The molecule has 4 rings (SSSR count). The summed E-state index contributed by atoms with van der Waals surface area (Å²) in [7, 11) is 0. The van der Waals surface area contributed by atoms with E-state index in [2.05, 4.69) is 19.1 Å². The van der Waals surface area contributed by atoms with Crippen molar-refractivity contribution in [2.45, 2.75) is 25.9 Å². The molecule has 0 aromatic heterocycles. The fourth-order valence-electron chi connectivity index (χ4n) is 3.98. The van der Waals surface area contributed by atoms with Crippen molar-refractivity contribution < 1.29 is 14.3 Å². The normalized spacial score (nSPS) is 19.7. The maximum Gasteiger partial charge on any atom is 0.253 e. The highest BCUT2D eigenvalue weighted by atomic mass is 16.5. The van der Waals surface area contributed by atoms with Gasteiger partial charge < -0.3 is 14.5 Å². The van der Waals surface area contributed by atoms with Crippen molar-refractivity contribution >= 4 is 11.8 Å². The van der Waals surface area contributed by atoms with E-state index in [-0.39, 0.29) is 17.9 Å². The first-order chi connectivity index (χ1) is 13.6. The predicted molar refractivity (Wildman–Crippen MR) is 108 cm³/mol. The fourth-order valence-corrected chi connectivity index (χ4v) is 3.98. The lowest BCUT2D eigenvalue weighted by Gasteiger charge is -2.35. The summed E-state index contributed by atoms with van der Waals surface area (Å²) in [5, 5.41) is 0. The van der Waals surface area contributed by atoms with Crippen LogP contribution in [0.2, 0.25) is 0 Å². The molecular formula is C23H26N2O3. The second-order valence-corrected chi connectivity index (χ2v) is 7.51. The van der Waals surface area contributed by atoms with Gasteiger partial charge in [-0.3, -0.25) is 9.59 Å². The van der Waals surface area contributed by atoms with E-state index in [1.54, 1.807) is 0 Å². The van der Waals surface area contributed by atoms with Gasteiger partial charge in [-0.1, -0.05) is 36.4 Å². The Morgan fingerprint density at radius 3 is 2.25 bits per heavy atom. The van der Waals surface area contributed by atoms with Crippen molar-refractivity contribution in [2.75, 3.05) is 32.8 Å². The second kappa shape index (κ2) is 8.15. The number of aryl methyl sites for hydroxylation is 1. The lowest BCUT2D eigenvalue weighted by atomic mass is 9.99. The molecular weight excluding hydrogens is 352 g/mol. The number of rotatable bonds is 3. The van der Waals surface area contributed by atoms with Crippen molar-refractivity contribution in [2.24, 2.45) is 0 Å². The van der Waals surface area contributed by atoms with E-state index < -0.39 is 0 Å². The smallest absolute Gasteiger partial charge is 0.253 e. The van der Waals surface area contributed by atoms with E-state index in [0.717, 1.165) is 18.4 Å². The van der Waals surface area contributed by atoms with Crippen LogP contribution in [0.1, 0.15) is 28.8 Å². The van der Waals surface area contributed by atoms with Gasteiger partial charge in [0.15, 0.2) is 0 Å². The summed E-state index contributed by atoms with van der Waals surface area (Å²) in [4.78, 5) is 29.0. The molecule has 5 nitrogen and oxygen atoms in total. The van der Waals surface area contributed by atoms with Gasteiger partial charge in [0.05, 0.1) is 0 Å². The summed E-state index contributed by atoms with van der Waals surface area (Å²) in [6, 6.07) is 16.0. The van der Waals surface area contributed by atoms with Crippen LogP contribution in [0.5, 0.6) is 0 Å². The Balaban J connectivity index is 1.37. The van der Waals surface area contributed by atoms with Gasteiger partial charge in [-0.05, 0) is 48.6 Å². The average Bonchev–Trinajstić information content (AvgIpc) is 3.28. The van der Waals surface area contributed by atoms with E-state index in [1.165, 1.54) is 11.1 Å². The average molecular weight is 378 g/mol. The summed E-state index contributed by atoms with van der Waals surface area (Å²) >= 11 is 0. The molecule has 0 spiro atoms. The standard InChI is InChI=1S/C23H26N2O3/c1-17-5-2-3-6-20(17)18-8-10-19(11-9-18)22(26)24-12-14-25(15-13-24)23(27)21-7-4-16-28-21/h2-3,5-6,8-11,21H,4,7,12-16H2,1H3/t21-/m0/s1. The van der Waals surface area contributed by atoms with E-state index in [1.807, 2.05) is 46.2 Å². The molecule has 1 atom stereocenters. The Labute approximate surface area is 165 Å². The number of amides is 2. The lowest BCUT2D eigenvalue weighted by molar-refractivity contribution is -0.142. The minimum atomic E-state index is -0.281. The molecule has 2 fully saturated rings. The monoisotopic (exact) mass is 378 g/mol. The summed E-state index contributed by atoms with van der Waals surface area (Å²) < 4.78 is 5.50. The van der Waals surface area contributed by atoms with Gasteiger partial charge in [0.1, 0.15) is 6.10 Å². The molecule has 0 saturated carbocycles. The zero-order valence-corrected chi connectivity index (χ0v) is 16.3. The topological polar surface area (TPSA) is 49.9 Å². The van der Waals surface area contributed by atoms with Crippen LogP contribution in [0.4, 0.5) is 0 Å². The van der Waals surface area contributed by atoms with Crippen molar-refractivity contribution in [1.29, 1.82) is 0 Å². The number of ether oxygens (including phenoxy) is 1. The molecule has 2 aromatic carbocycles. The van der Waals surface area contributed by atoms with Gasteiger partial charge in [-0.25, -0.2) is 0 Å². The highest BCUT2D eigenvalue weighted by Crippen LogP contribution is 2.24. The third-order valence-corrected chi connectivity index (χ3v) is 5.67. The summed E-state index contributed by atoms with van der Waals surface area (Å²) in [6.07, 6.45) is 1.48.